The van der Waals surface area contributed by atoms with Crippen LogP contribution in [-0.2, 0) is 13.1 Å². The predicted octanol–water partition coefficient (Wildman–Crippen LogP) is 3.57. The molecule has 1 aliphatic heterocycles. The maximum Gasteiger partial charge on any atom is 0.415 e. The van der Waals surface area contributed by atoms with Crippen molar-refractivity contribution in [1.82, 2.24) is 14.9 Å². The van der Waals surface area contributed by atoms with Crippen molar-refractivity contribution in [3.05, 3.63) is 66.0 Å². The maximum atomic E-state index is 12.6. The van der Waals surface area contributed by atoms with Crippen LogP contribution in [0.25, 0.3) is 0 Å². The minimum atomic E-state index is -0.477. The number of benzene rings is 1. The highest BCUT2D eigenvalue weighted by Gasteiger charge is 2.26. The van der Waals surface area contributed by atoms with E-state index in [4.69, 9.17) is 16.2 Å². The summed E-state index contributed by atoms with van der Waals surface area (Å²) in [6.45, 7) is 0.867. The number of hydrogen-bond acceptors (Lipinski definition) is 8. The van der Waals surface area contributed by atoms with Gasteiger partial charge in [-0.2, -0.15) is 0 Å². The number of fused-ring (bicyclic) bond motifs is 1. The van der Waals surface area contributed by atoms with Crippen LogP contribution in [0.1, 0.15) is 11.3 Å². The lowest BCUT2D eigenvalue weighted by Crippen LogP contribution is -2.28. The number of ether oxygens (including phenoxy) is 1. The van der Waals surface area contributed by atoms with Crippen molar-refractivity contribution < 1.29 is 9.53 Å². The molecule has 4 rings (SSSR count). The van der Waals surface area contributed by atoms with Crippen molar-refractivity contribution in [1.29, 1.82) is 0 Å². The van der Waals surface area contributed by atoms with Crippen molar-refractivity contribution >= 4 is 29.1 Å². The van der Waals surface area contributed by atoms with Gasteiger partial charge in [-0.1, -0.05) is 18.2 Å². The topological polar surface area (TPSA) is 132 Å². The van der Waals surface area contributed by atoms with Gasteiger partial charge in [-0.05, 0) is 35.9 Å². The number of pyridine rings is 2. The summed E-state index contributed by atoms with van der Waals surface area (Å²) in [6.07, 6.45) is 1.23. The molecule has 3 heterocycles. The minimum Gasteiger partial charge on any atom is -0.408 e. The average molecular weight is 375 g/mol. The first kappa shape index (κ1) is 17.4. The van der Waals surface area contributed by atoms with Gasteiger partial charge in [0, 0.05) is 6.20 Å². The highest BCUT2D eigenvalue weighted by Crippen LogP contribution is 2.31. The van der Waals surface area contributed by atoms with Crippen molar-refractivity contribution in [3.63, 3.8) is 0 Å². The first-order valence-corrected chi connectivity index (χ1v) is 8.52. The summed E-state index contributed by atoms with van der Waals surface area (Å²) in [6, 6.07) is 13.8. The molecule has 3 aromatic rings. The summed E-state index contributed by atoms with van der Waals surface area (Å²) in [5.41, 5.74) is 14.0. The summed E-state index contributed by atoms with van der Waals surface area (Å²) < 4.78 is 5.54. The molecule has 28 heavy (non-hydrogen) atoms. The Morgan fingerprint density at radius 2 is 1.82 bits per heavy atom. The third-order valence-corrected chi connectivity index (χ3v) is 4.20. The van der Waals surface area contributed by atoms with Gasteiger partial charge in [0.05, 0.1) is 18.8 Å². The van der Waals surface area contributed by atoms with Crippen LogP contribution in [0.2, 0.25) is 0 Å². The van der Waals surface area contributed by atoms with Crippen LogP contribution in [-0.4, -0.2) is 21.0 Å². The van der Waals surface area contributed by atoms with Crippen LogP contribution in [0.4, 0.5) is 27.8 Å². The number of nitrogens with two attached hydrogens (primary N) is 2. The van der Waals surface area contributed by atoms with Crippen molar-refractivity contribution in [2.75, 3.05) is 11.5 Å². The largest absolute Gasteiger partial charge is 0.415 e. The quantitative estimate of drug-likeness (QED) is 0.673. The van der Waals surface area contributed by atoms with Crippen LogP contribution < -0.4 is 16.2 Å². The number of nitrogens with zero attached hydrogens (tertiary/aromatic N) is 5. The van der Waals surface area contributed by atoms with E-state index in [0.29, 0.717) is 36.0 Å². The number of anilines is 2. The number of aromatic nitrogens is 2. The lowest BCUT2D eigenvalue weighted by Gasteiger charge is -2.15. The first-order chi connectivity index (χ1) is 13.6. The third kappa shape index (κ3) is 3.58. The van der Waals surface area contributed by atoms with Crippen LogP contribution in [0.5, 0.6) is 5.75 Å². The maximum absolute atomic E-state index is 12.6. The van der Waals surface area contributed by atoms with Gasteiger partial charge in [0.2, 0.25) is 0 Å². The van der Waals surface area contributed by atoms with E-state index in [2.05, 4.69) is 20.2 Å². The molecule has 1 amide bonds. The van der Waals surface area contributed by atoms with E-state index in [1.165, 1.54) is 0 Å². The third-order valence-electron chi connectivity index (χ3n) is 4.20. The zero-order valence-corrected chi connectivity index (χ0v) is 14.8. The van der Waals surface area contributed by atoms with Gasteiger partial charge in [-0.15, -0.1) is 10.2 Å². The minimum absolute atomic E-state index is 0.167. The smallest absolute Gasteiger partial charge is 0.408 e. The Bertz CT molecular complexity index is 1040. The van der Waals surface area contributed by atoms with E-state index in [9.17, 15) is 4.79 Å². The molecule has 0 unspecified atom stereocenters. The summed E-state index contributed by atoms with van der Waals surface area (Å²) in [7, 11) is 0. The van der Waals surface area contributed by atoms with E-state index in [1.807, 2.05) is 12.1 Å². The van der Waals surface area contributed by atoms with Gasteiger partial charge < -0.3 is 16.2 Å². The van der Waals surface area contributed by atoms with Gasteiger partial charge in [-0.3, -0.25) is 9.88 Å². The van der Waals surface area contributed by atoms with E-state index in [0.717, 1.165) is 11.3 Å². The summed E-state index contributed by atoms with van der Waals surface area (Å²) in [5.74, 6) is 0.759. The molecule has 0 aliphatic carbocycles. The molecule has 0 saturated heterocycles. The number of carbonyl (C=O) groups excluding carboxylic acids is 1. The summed E-state index contributed by atoms with van der Waals surface area (Å²) in [4.78, 5) is 22.4. The number of amides is 1. The molecular weight excluding hydrogens is 358 g/mol. The number of azo groups is 1. The fraction of sp³-hybridized carbons (Fsp3) is 0.105. The normalized spacial score (nSPS) is 12.9. The van der Waals surface area contributed by atoms with Gasteiger partial charge in [0.15, 0.2) is 11.6 Å². The highest BCUT2D eigenvalue weighted by molar-refractivity contribution is 5.73. The Balaban J connectivity index is 1.50. The lowest BCUT2D eigenvalue weighted by atomic mass is 10.2. The van der Waals surface area contributed by atoms with Crippen LogP contribution in [0, 0.1) is 0 Å². The second-order valence-corrected chi connectivity index (χ2v) is 6.14. The Labute approximate surface area is 160 Å². The standard InChI is InChI=1S/C19H17N7O2/c20-17-8-7-14(18(21)23-17)25-24-13-5-1-2-6-16(13)28-19(27)26-10-12-4-3-9-22-15(12)11-26/h1-9H,10-11H2,(H4,20,21,23)/b25-24+. The summed E-state index contributed by atoms with van der Waals surface area (Å²) in [5, 5.41) is 8.22. The van der Waals surface area contributed by atoms with E-state index < -0.39 is 6.09 Å². The molecule has 4 N–H and O–H groups in total. The number of hydrogen-bond donors (Lipinski definition) is 2. The molecule has 0 fully saturated rings. The fourth-order valence-electron chi connectivity index (χ4n) is 2.79. The molecule has 1 aromatic carbocycles. The SMILES string of the molecule is Nc1ccc(/N=N/c2ccccc2OC(=O)N2Cc3cccnc3C2)c(N)n1. The van der Waals surface area contributed by atoms with Crippen molar-refractivity contribution in [2.45, 2.75) is 13.1 Å². The Morgan fingerprint density at radius 1 is 1.00 bits per heavy atom. The molecule has 2 aromatic heterocycles. The predicted molar refractivity (Wildman–Crippen MR) is 103 cm³/mol. The molecule has 0 saturated carbocycles. The number of nitrogen functional groups attached to an aromatic ring is 2. The summed E-state index contributed by atoms with van der Waals surface area (Å²) >= 11 is 0. The second kappa shape index (κ2) is 7.31. The molecule has 1 aliphatic rings. The molecule has 9 heteroatoms. The van der Waals surface area contributed by atoms with E-state index >= 15 is 0 Å². The Kier molecular flexibility index (Phi) is 4.55. The van der Waals surface area contributed by atoms with Crippen LogP contribution in [0.15, 0.2) is 65.0 Å². The Hall–Kier alpha value is -4.01. The molecule has 9 nitrogen and oxygen atoms in total. The van der Waals surface area contributed by atoms with Gasteiger partial charge >= 0.3 is 6.09 Å². The van der Waals surface area contributed by atoms with E-state index in [-0.39, 0.29) is 5.82 Å². The molecule has 0 radical (unpaired) electrons. The van der Waals surface area contributed by atoms with Crippen molar-refractivity contribution in [3.8, 4) is 5.75 Å². The molecular formula is C19H17N7O2. The second-order valence-electron chi connectivity index (χ2n) is 6.14. The van der Waals surface area contributed by atoms with Crippen molar-refractivity contribution in [2.24, 2.45) is 10.2 Å². The van der Waals surface area contributed by atoms with Gasteiger partial charge in [0.1, 0.15) is 17.2 Å². The fourth-order valence-corrected chi connectivity index (χ4v) is 2.79. The van der Waals surface area contributed by atoms with E-state index in [1.54, 1.807) is 47.5 Å². The monoisotopic (exact) mass is 375 g/mol. The highest BCUT2D eigenvalue weighted by atomic mass is 16.6. The number of para-hydroxylation sites is 1. The average Bonchev–Trinajstić information content (AvgIpc) is 3.13. The molecule has 0 spiro atoms. The number of carbonyl (C=O) groups is 1. The molecule has 0 atom stereocenters. The van der Waals surface area contributed by atoms with Crippen LogP contribution in [0.3, 0.4) is 0 Å². The van der Waals surface area contributed by atoms with Gasteiger partial charge in [0.25, 0.3) is 0 Å². The first-order valence-electron chi connectivity index (χ1n) is 8.52. The zero-order valence-electron chi connectivity index (χ0n) is 14.8. The van der Waals surface area contributed by atoms with Crippen LogP contribution >= 0.6 is 0 Å². The Morgan fingerprint density at radius 3 is 2.64 bits per heavy atom. The number of rotatable bonds is 3. The zero-order chi connectivity index (χ0) is 19.5. The van der Waals surface area contributed by atoms with Gasteiger partial charge in [-0.25, -0.2) is 9.78 Å². The lowest BCUT2D eigenvalue weighted by molar-refractivity contribution is 0.152. The molecule has 140 valence electrons. The molecule has 0 bridgehead atoms.